The average Bonchev–Trinajstić information content (AvgIpc) is 3.34. The number of phenols is 1. The molecule has 0 radical (unpaired) electrons. The van der Waals surface area contributed by atoms with Crippen molar-refractivity contribution in [1.29, 1.82) is 0 Å². The van der Waals surface area contributed by atoms with Gasteiger partial charge in [0.2, 0.25) is 0 Å². The maximum absolute atomic E-state index is 12.8. The summed E-state index contributed by atoms with van der Waals surface area (Å²) < 4.78 is 1.20. The number of aromatic hydroxyl groups is 1. The number of thiophene rings is 1. The molecule has 0 bridgehead atoms. The predicted molar refractivity (Wildman–Crippen MR) is 136 cm³/mol. The summed E-state index contributed by atoms with van der Waals surface area (Å²) in [6.07, 6.45) is -1.16. The Morgan fingerprint density at radius 1 is 0.829 bits per heavy atom. The molecular weight excluding hydrogens is 462 g/mol. The van der Waals surface area contributed by atoms with Gasteiger partial charge < -0.3 is 20.6 Å². The molecule has 7 heteroatoms. The van der Waals surface area contributed by atoms with Crippen molar-refractivity contribution in [3.63, 3.8) is 0 Å². The number of aliphatic hydroxyl groups is 1. The van der Waals surface area contributed by atoms with Gasteiger partial charge >= 0.3 is 5.97 Å². The van der Waals surface area contributed by atoms with Crippen LogP contribution in [0.5, 0.6) is 5.75 Å². The molecule has 6 nitrogen and oxygen atoms in total. The highest BCUT2D eigenvalue weighted by molar-refractivity contribution is 7.17. The molecule has 0 fully saturated rings. The maximum Gasteiger partial charge on any atom is 0.335 e. The van der Waals surface area contributed by atoms with Crippen LogP contribution in [0.1, 0.15) is 43.5 Å². The van der Waals surface area contributed by atoms with Crippen LogP contribution < -0.4 is 5.32 Å². The molecule has 1 heterocycles. The van der Waals surface area contributed by atoms with E-state index in [2.05, 4.69) is 17.4 Å². The van der Waals surface area contributed by atoms with Gasteiger partial charge in [-0.1, -0.05) is 24.3 Å². The lowest BCUT2D eigenvalue weighted by Gasteiger charge is -2.15. The van der Waals surface area contributed by atoms with Gasteiger partial charge in [-0.2, -0.15) is 0 Å². The third-order valence-electron chi connectivity index (χ3n) is 5.99. The van der Waals surface area contributed by atoms with E-state index in [1.165, 1.54) is 35.0 Å². The lowest BCUT2D eigenvalue weighted by Crippen LogP contribution is -2.22. The molecule has 5 aromatic rings. The molecule has 174 valence electrons. The van der Waals surface area contributed by atoms with E-state index in [-0.39, 0.29) is 22.8 Å². The van der Waals surface area contributed by atoms with Crippen molar-refractivity contribution in [2.45, 2.75) is 12.6 Å². The Bertz CT molecular complexity index is 1570. The molecule has 1 unspecified atom stereocenters. The van der Waals surface area contributed by atoms with Gasteiger partial charge in [-0.15, -0.1) is 11.3 Å². The topological polar surface area (TPSA) is 107 Å². The number of fused-ring (bicyclic) bond motifs is 2. The van der Waals surface area contributed by atoms with Gasteiger partial charge in [-0.05, 0) is 87.3 Å². The monoisotopic (exact) mass is 483 g/mol. The van der Waals surface area contributed by atoms with E-state index in [4.69, 9.17) is 5.11 Å². The SMILES string of the molecule is O=C(O)c1ccc(C(O)c2cc3cc(C(=O)NCc4ccc5sccc5c4)ccc3cc2O)cc1. The van der Waals surface area contributed by atoms with Crippen LogP contribution in [-0.4, -0.2) is 27.2 Å². The number of amides is 1. The number of nitrogens with one attached hydrogen (secondary N) is 1. The van der Waals surface area contributed by atoms with Gasteiger partial charge in [0.15, 0.2) is 0 Å². The van der Waals surface area contributed by atoms with Gasteiger partial charge in [0.1, 0.15) is 11.9 Å². The number of aromatic carboxylic acids is 1. The molecule has 0 aliphatic rings. The summed E-state index contributed by atoms with van der Waals surface area (Å²) in [6, 6.07) is 22.3. The lowest BCUT2D eigenvalue weighted by atomic mass is 9.96. The summed E-state index contributed by atoms with van der Waals surface area (Å²) in [4.78, 5) is 23.9. The van der Waals surface area contributed by atoms with E-state index in [1.807, 2.05) is 17.5 Å². The number of benzene rings is 4. The number of hydrogen-bond donors (Lipinski definition) is 4. The number of carbonyl (C=O) groups is 2. The minimum absolute atomic E-state index is 0.0895. The van der Waals surface area contributed by atoms with E-state index in [1.54, 1.807) is 35.6 Å². The van der Waals surface area contributed by atoms with Crippen LogP contribution in [0.3, 0.4) is 0 Å². The van der Waals surface area contributed by atoms with E-state index in [0.29, 0.717) is 23.1 Å². The fraction of sp³-hybridized carbons (Fsp3) is 0.0714. The van der Waals surface area contributed by atoms with Crippen LogP contribution in [0.15, 0.2) is 84.2 Å². The van der Waals surface area contributed by atoms with E-state index in [0.717, 1.165) is 16.3 Å². The smallest absolute Gasteiger partial charge is 0.335 e. The Kier molecular flexibility index (Phi) is 5.94. The van der Waals surface area contributed by atoms with Crippen molar-refractivity contribution < 1.29 is 24.9 Å². The van der Waals surface area contributed by atoms with Crippen LogP contribution in [0, 0.1) is 0 Å². The van der Waals surface area contributed by atoms with Gasteiger partial charge in [0.05, 0.1) is 5.56 Å². The van der Waals surface area contributed by atoms with Crippen molar-refractivity contribution in [3.8, 4) is 5.75 Å². The van der Waals surface area contributed by atoms with Crippen molar-refractivity contribution in [1.82, 2.24) is 5.32 Å². The summed E-state index contributed by atoms with van der Waals surface area (Å²) in [5.74, 6) is -1.37. The van der Waals surface area contributed by atoms with Gasteiger partial charge in [0.25, 0.3) is 5.91 Å². The number of rotatable bonds is 6. The molecular formula is C28H21NO5S. The first kappa shape index (κ1) is 22.6. The fourth-order valence-electron chi connectivity index (χ4n) is 4.06. The first-order valence-electron chi connectivity index (χ1n) is 10.9. The van der Waals surface area contributed by atoms with Crippen LogP contribution in [0.25, 0.3) is 20.9 Å². The molecule has 1 amide bonds. The van der Waals surface area contributed by atoms with Gasteiger partial charge in [-0.25, -0.2) is 4.79 Å². The molecule has 4 aromatic carbocycles. The summed E-state index contributed by atoms with van der Waals surface area (Å²) in [7, 11) is 0. The summed E-state index contributed by atoms with van der Waals surface area (Å²) in [5, 5.41) is 37.9. The molecule has 5 rings (SSSR count). The molecule has 0 saturated heterocycles. The fourth-order valence-corrected chi connectivity index (χ4v) is 4.83. The first-order valence-corrected chi connectivity index (χ1v) is 11.8. The molecule has 0 aliphatic carbocycles. The Labute approximate surface area is 204 Å². The lowest BCUT2D eigenvalue weighted by molar-refractivity contribution is 0.0696. The van der Waals surface area contributed by atoms with Crippen LogP contribution in [0.2, 0.25) is 0 Å². The number of aliphatic hydroxyl groups excluding tert-OH is 1. The summed E-state index contributed by atoms with van der Waals surface area (Å²) >= 11 is 1.68. The minimum atomic E-state index is -1.16. The first-order chi connectivity index (χ1) is 16.9. The molecule has 1 atom stereocenters. The third-order valence-corrected chi connectivity index (χ3v) is 6.88. The van der Waals surface area contributed by atoms with Gasteiger partial charge in [0, 0.05) is 22.4 Å². The van der Waals surface area contributed by atoms with Crippen molar-refractivity contribution in [2.75, 3.05) is 0 Å². The zero-order valence-corrected chi connectivity index (χ0v) is 19.3. The number of carboxylic acids is 1. The van der Waals surface area contributed by atoms with Crippen molar-refractivity contribution in [3.05, 3.63) is 112 Å². The number of hydrogen-bond acceptors (Lipinski definition) is 5. The predicted octanol–water partition coefficient (Wildman–Crippen LogP) is 5.47. The molecule has 4 N–H and O–H groups in total. The normalized spacial score (nSPS) is 12.0. The second kappa shape index (κ2) is 9.21. The van der Waals surface area contributed by atoms with Crippen LogP contribution in [0.4, 0.5) is 0 Å². The Morgan fingerprint density at radius 3 is 2.37 bits per heavy atom. The zero-order valence-electron chi connectivity index (χ0n) is 18.4. The third kappa shape index (κ3) is 4.59. The maximum atomic E-state index is 12.8. The van der Waals surface area contributed by atoms with Crippen LogP contribution in [-0.2, 0) is 6.54 Å². The molecule has 1 aromatic heterocycles. The molecule has 0 saturated carbocycles. The Hall–Kier alpha value is -4.20. The second-order valence-electron chi connectivity index (χ2n) is 8.28. The van der Waals surface area contributed by atoms with E-state index < -0.39 is 12.1 Å². The van der Waals surface area contributed by atoms with Crippen LogP contribution >= 0.6 is 11.3 Å². The summed E-state index contributed by atoms with van der Waals surface area (Å²) in [5.41, 5.74) is 2.29. The highest BCUT2D eigenvalue weighted by Gasteiger charge is 2.17. The molecule has 0 aliphatic heterocycles. The molecule has 0 spiro atoms. The molecule has 35 heavy (non-hydrogen) atoms. The van der Waals surface area contributed by atoms with Gasteiger partial charge in [-0.3, -0.25) is 4.79 Å². The standard InChI is InChI=1S/C28H21NO5S/c30-24-14-19-6-7-21(27(32)29-15-16-1-8-25-20(11-16)9-10-35-25)12-22(19)13-23(24)26(31)17-2-4-18(5-3-17)28(33)34/h1-14,26,30-31H,15H2,(H,29,32)(H,33,34). The van der Waals surface area contributed by atoms with Crippen molar-refractivity contribution in [2.24, 2.45) is 0 Å². The van der Waals surface area contributed by atoms with Crippen molar-refractivity contribution >= 4 is 44.1 Å². The number of carbonyl (C=O) groups excluding carboxylic acids is 1. The number of phenolic OH excluding ortho intramolecular Hbond substituents is 1. The second-order valence-corrected chi connectivity index (χ2v) is 9.23. The zero-order chi connectivity index (χ0) is 24.5. The highest BCUT2D eigenvalue weighted by atomic mass is 32.1. The summed E-state index contributed by atoms with van der Waals surface area (Å²) in [6.45, 7) is 0.397. The van der Waals surface area contributed by atoms with E-state index in [9.17, 15) is 19.8 Å². The number of carboxylic acid groups (broad SMARTS) is 1. The average molecular weight is 484 g/mol. The largest absolute Gasteiger partial charge is 0.508 e. The van der Waals surface area contributed by atoms with E-state index >= 15 is 0 Å². The quantitative estimate of drug-likeness (QED) is 0.256. The Balaban J connectivity index is 1.37. The Morgan fingerprint density at radius 2 is 1.60 bits per heavy atom. The highest BCUT2D eigenvalue weighted by Crippen LogP contribution is 2.33. The minimum Gasteiger partial charge on any atom is -0.508 e.